The molecule has 3 heterocycles. The quantitative estimate of drug-likeness (QED) is 0.377. The van der Waals surface area contributed by atoms with E-state index in [9.17, 15) is 4.79 Å². The van der Waals surface area contributed by atoms with E-state index in [0.29, 0.717) is 17.4 Å². The summed E-state index contributed by atoms with van der Waals surface area (Å²) in [7, 11) is 0. The van der Waals surface area contributed by atoms with Gasteiger partial charge in [-0.25, -0.2) is 4.99 Å². The summed E-state index contributed by atoms with van der Waals surface area (Å²) in [6.07, 6.45) is 6.27. The van der Waals surface area contributed by atoms with Gasteiger partial charge in [0.1, 0.15) is 5.70 Å². The van der Waals surface area contributed by atoms with Crippen molar-refractivity contribution in [1.29, 1.82) is 0 Å². The number of thioether (sulfide) groups is 1. The molecule has 1 amide bonds. The van der Waals surface area contributed by atoms with Crippen LogP contribution >= 0.6 is 34.4 Å². The maximum absolute atomic E-state index is 12.9. The molecule has 5 nitrogen and oxygen atoms in total. The summed E-state index contributed by atoms with van der Waals surface area (Å²) in [4.78, 5) is 23.4. The summed E-state index contributed by atoms with van der Waals surface area (Å²) in [6, 6.07) is 8.16. The van der Waals surface area contributed by atoms with E-state index >= 15 is 0 Å². The third-order valence-electron chi connectivity index (χ3n) is 4.62. The SMILES string of the molecule is CC12CC=NC=C1N=C(SCC(=O)N1c3ccccc3CCC1I)O2. The van der Waals surface area contributed by atoms with Gasteiger partial charge in [0.25, 0.3) is 5.23 Å². The minimum absolute atomic E-state index is 0.0908. The highest BCUT2D eigenvalue weighted by Crippen LogP contribution is 2.37. The van der Waals surface area contributed by atoms with Crippen LogP contribution in [0.1, 0.15) is 25.3 Å². The smallest absolute Gasteiger partial charge is 0.252 e. The van der Waals surface area contributed by atoms with Crippen molar-refractivity contribution in [2.24, 2.45) is 9.98 Å². The van der Waals surface area contributed by atoms with E-state index in [2.05, 4.69) is 38.6 Å². The molecule has 25 heavy (non-hydrogen) atoms. The normalized spacial score (nSPS) is 27.1. The van der Waals surface area contributed by atoms with Crippen LogP contribution in [0.3, 0.4) is 0 Å². The maximum atomic E-state index is 12.9. The van der Waals surface area contributed by atoms with Crippen LogP contribution in [0.4, 0.5) is 5.69 Å². The molecule has 0 N–H and O–H groups in total. The molecular weight excluding hydrogens is 449 g/mol. The Labute approximate surface area is 164 Å². The lowest BCUT2D eigenvalue weighted by Gasteiger charge is -2.34. The van der Waals surface area contributed by atoms with Gasteiger partial charge in [-0.1, -0.05) is 52.6 Å². The summed E-state index contributed by atoms with van der Waals surface area (Å²) < 4.78 is 6.15. The van der Waals surface area contributed by atoms with E-state index in [-0.39, 0.29) is 9.96 Å². The maximum Gasteiger partial charge on any atom is 0.252 e. The fourth-order valence-electron chi connectivity index (χ4n) is 3.20. The van der Waals surface area contributed by atoms with Gasteiger partial charge >= 0.3 is 0 Å². The Morgan fingerprint density at radius 1 is 1.48 bits per heavy atom. The number of carbonyl (C=O) groups is 1. The average molecular weight is 467 g/mol. The fraction of sp³-hybridized carbons (Fsp3) is 0.389. The van der Waals surface area contributed by atoms with Crippen LogP contribution in [0.2, 0.25) is 0 Å². The van der Waals surface area contributed by atoms with Crippen LogP contribution in [0.5, 0.6) is 0 Å². The van der Waals surface area contributed by atoms with Crippen molar-refractivity contribution in [2.45, 2.75) is 35.8 Å². The first-order valence-electron chi connectivity index (χ1n) is 8.24. The van der Waals surface area contributed by atoms with Crippen molar-refractivity contribution in [3.63, 3.8) is 0 Å². The van der Waals surface area contributed by atoms with Crippen LogP contribution in [0, 0.1) is 0 Å². The summed E-state index contributed by atoms with van der Waals surface area (Å²) in [5.74, 6) is 0.407. The van der Waals surface area contributed by atoms with E-state index in [1.165, 1.54) is 17.3 Å². The van der Waals surface area contributed by atoms with Crippen LogP contribution < -0.4 is 4.90 Å². The lowest BCUT2D eigenvalue weighted by Crippen LogP contribution is -2.41. The highest BCUT2D eigenvalue weighted by atomic mass is 127. The minimum atomic E-state index is -0.434. The minimum Gasteiger partial charge on any atom is -0.459 e. The standard InChI is InChI=1S/C18H18IN3O2S/c1-18-8-9-20-10-14(18)21-17(24-18)25-11-16(23)22-13-5-3-2-4-12(13)6-7-15(22)19/h2-5,9-10,15H,6-8,11H2,1H3. The first-order chi connectivity index (χ1) is 12.1. The molecule has 0 spiro atoms. The summed E-state index contributed by atoms with van der Waals surface area (Å²) in [6.45, 7) is 2.00. The number of anilines is 1. The average Bonchev–Trinajstić information content (AvgIpc) is 2.96. The second-order valence-electron chi connectivity index (χ2n) is 6.42. The lowest BCUT2D eigenvalue weighted by atomic mass is 9.98. The van der Waals surface area contributed by atoms with E-state index in [0.717, 1.165) is 24.2 Å². The molecule has 0 saturated heterocycles. The monoisotopic (exact) mass is 467 g/mol. The first kappa shape index (κ1) is 17.1. The zero-order chi connectivity index (χ0) is 17.4. The van der Waals surface area contributed by atoms with Crippen molar-refractivity contribution < 1.29 is 9.53 Å². The van der Waals surface area contributed by atoms with Crippen molar-refractivity contribution in [2.75, 3.05) is 10.7 Å². The number of hydrogen-bond acceptors (Lipinski definition) is 5. The molecule has 0 aromatic heterocycles. The lowest BCUT2D eigenvalue weighted by molar-refractivity contribution is -0.116. The zero-order valence-corrected chi connectivity index (χ0v) is 16.8. The van der Waals surface area contributed by atoms with Crippen molar-refractivity contribution >= 4 is 57.4 Å². The number of carbonyl (C=O) groups excluding carboxylic acids is 1. The molecule has 0 fully saturated rings. The topological polar surface area (TPSA) is 54.3 Å². The van der Waals surface area contributed by atoms with Gasteiger partial charge in [0, 0.05) is 18.3 Å². The van der Waals surface area contributed by atoms with Crippen LogP contribution in [0.25, 0.3) is 0 Å². The van der Waals surface area contributed by atoms with E-state index < -0.39 is 5.60 Å². The summed E-state index contributed by atoms with van der Waals surface area (Å²) in [5, 5.41) is 0.558. The number of amides is 1. The number of nitrogens with zero attached hydrogens (tertiary/aromatic N) is 3. The van der Waals surface area contributed by atoms with Gasteiger partial charge in [0.2, 0.25) is 5.91 Å². The summed E-state index contributed by atoms with van der Waals surface area (Å²) >= 11 is 3.72. The first-order valence-corrected chi connectivity index (χ1v) is 10.5. The number of fused-ring (bicyclic) bond motifs is 2. The Bertz CT molecular complexity index is 807. The van der Waals surface area contributed by atoms with Crippen LogP contribution in [-0.4, -0.2) is 32.8 Å². The Morgan fingerprint density at radius 2 is 2.32 bits per heavy atom. The third-order valence-corrected chi connectivity index (χ3v) is 6.61. The molecule has 1 aromatic rings. The molecule has 0 aliphatic carbocycles. The number of alkyl halides is 1. The van der Waals surface area contributed by atoms with Crippen LogP contribution in [-0.2, 0) is 16.0 Å². The predicted molar refractivity (Wildman–Crippen MR) is 111 cm³/mol. The fourth-order valence-corrected chi connectivity index (χ4v) is 4.92. The highest BCUT2D eigenvalue weighted by molar-refractivity contribution is 14.1. The van der Waals surface area contributed by atoms with Crippen molar-refractivity contribution in [3.8, 4) is 0 Å². The molecule has 0 bridgehead atoms. The molecule has 0 saturated carbocycles. The molecule has 1 aromatic carbocycles. The molecular formula is C18H18IN3O2S. The van der Waals surface area contributed by atoms with E-state index in [1.54, 1.807) is 6.20 Å². The van der Waals surface area contributed by atoms with Gasteiger partial charge in [-0.05, 0) is 31.4 Å². The number of aryl methyl sites for hydroxylation is 1. The Kier molecular flexibility index (Phi) is 4.61. The van der Waals surface area contributed by atoms with Gasteiger partial charge < -0.3 is 4.74 Å². The van der Waals surface area contributed by atoms with Gasteiger partial charge in [-0.2, -0.15) is 0 Å². The van der Waals surface area contributed by atoms with E-state index in [4.69, 9.17) is 4.74 Å². The number of aliphatic imine (C=N–C) groups is 2. The van der Waals surface area contributed by atoms with Gasteiger partial charge in [0.15, 0.2) is 5.60 Å². The van der Waals surface area contributed by atoms with Gasteiger partial charge in [-0.15, -0.1) is 0 Å². The highest BCUT2D eigenvalue weighted by Gasteiger charge is 2.39. The third kappa shape index (κ3) is 3.23. The van der Waals surface area contributed by atoms with Crippen molar-refractivity contribution in [3.05, 3.63) is 41.7 Å². The van der Waals surface area contributed by atoms with Gasteiger partial charge in [-0.3, -0.25) is 14.7 Å². The number of halogens is 1. The molecule has 2 atom stereocenters. The zero-order valence-electron chi connectivity index (χ0n) is 13.8. The number of hydrogen-bond donors (Lipinski definition) is 0. The Hall–Kier alpha value is -1.35. The predicted octanol–water partition coefficient (Wildman–Crippen LogP) is 3.92. The Morgan fingerprint density at radius 3 is 3.16 bits per heavy atom. The number of rotatable bonds is 2. The molecule has 2 unspecified atom stereocenters. The molecule has 0 radical (unpaired) electrons. The Balaban J connectivity index is 1.46. The van der Waals surface area contributed by atoms with Crippen LogP contribution in [0.15, 0.2) is 46.1 Å². The molecule has 130 valence electrons. The molecule has 4 rings (SSSR count). The largest absolute Gasteiger partial charge is 0.459 e. The number of benzene rings is 1. The second-order valence-corrected chi connectivity index (χ2v) is 8.78. The number of ether oxygens (including phenoxy) is 1. The molecule has 3 aliphatic rings. The summed E-state index contributed by atoms with van der Waals surface area (Å²) in [5.41, 5.74) is 2.67. The molecule has 3 aliphatic heterocycles. The van der Waals surface area contributed by atoms with Crippen molar-refractivity contribution in [1.82, 2.24) is 0 Å². The van der Waals surface area contributed by atoms with Gasteiger partial charge in [0.05, 0.1) is 16.0 Å². The molecule has 7 heteroatoms. The van der Waals surface area contributed by atoms with E-state index in [1.807, 2.05) is 36.2 Å². The number of para-hydroxylation sites is 1. The second kappa shape index (κ2) is 6.75.